The molecule has 7 nitrogen and oxygen atoms in total. The summed E-state index contributed by atoms with van der Waals surface area (Å²) in [5, 5.41) is 15.3. The van der Waals surface area contributed by atoms with Crippen molar-refractivity contribution < 1.29 is 9.53 Å². The fraction of sp³-hybridized carbons (Fsp3) is 0.174. The number of nitrogens with one attached hydrogen (secondary N) is 2. The number of benzene rings is 2. The maximum Gasteiger partial charge on any atom is 0.255 e. The largest absolute Gasteiger partial charge is 0.378 e. The Morgan fingerprint density at radius 1 is 1.03 bits per heavy atom. The van der Waals surface area contributed by atoms with E-state index in [-0.39, 0.29) is 5.91 Å². The van der Waals surface area contributed by atoms with Gasteiger partial charge in [-0.1, -0.05) is 24.3 Å². The summed E-state index contributed by atoms with van der Waals surface area (Å²) in [6.07, 6.45) is 1.59. The average Bonchev–Trinajstić information content (AvgIpc) is 2.80. The van der Waals surface area contributed by atoms with E-state index >= 15 is 0 Å². The molecule has 0 radical (unpaired) electrons. The molecule has 2 aromatic carbocycles. The summed E-state index contributed by atoms with van der Waals surface area (Å²) in [7, 11) is 0. The Morgan fingerprint density at radius 2 is 1.77 bits per heavy atom. The molecule has 1 aromatic heterocycles. The molecule has 2 heterocycles. The van der Waals surface area contributed by atoms with E-state index in [2.05, 4.69) is 32.7 Å². The van der Waals surface area contributed by atoms with Crippen LogP contribution in [0.3, 0.4) is 0 Å². The van der Waals surface area contributed by atoms with E-state index in [1.165, 1.54) is 0 Å². The number of rotatable bonds is 5. The lowest BCUT2D eigenvalue weighted by molar-refractivity contribution is 0.102. The van der Waals surface area contributed by atoms with Crippen molar-refractivity contribution in [2.24, 2.45) is 0 Å². The summed E-state index contributed by atoms with van der Waals surface area (Å²) in [6.45, 7) is 3.05. The Hall–Kier alpha value is -3.89. The zero-order valence-electron chi connectivity index (χ0n) is 16.3. The van der Waals surface area contributed by atoms with Gasteiger partial charge in [-0.25, -0.2) is 4.98 Å². The number of amides is 1. The molecule has 150 valence electrons. The number of hydrogen-bond acceptors (Lipinski definition) is 6. The molecule has 4 rings (SSSR count). The number of carbonyl (C=O) groups excluding carboxylic acids is 1. The Balaban J connectivity index is 1.53. The van der Waals surface area contributed by atoms with Gasteiger partial charge in [0.15, 0.2) is 0 Å². The van der Waals surface area contributed by atoms with Gasteiger partial charge in [-0.05, 0) is 36.4 Å². The molecule has 0 bridgehead atoms. The van der Waals surface area contributed by atoms with Gasteiger partial charge >= 0.3 is 0 Å². The Morgan fingerprint density at radius 3 is 2.57 bits per heavy atom. The molecule has 1 aliphatic rings. The number of pyridine rings is 1. The normalized spacial score (nSPS) is 13.4. The van der Waals surface area contributed by atoms with Crippen molar-refractivity contribution in [1.82, 2.24) is 4.98 Å². The smallest absolute Gasteiger partial charge is 0.255 e. The van der Waals surface area contributed by atoms with Crippen molar-refractivity contribution in [3.05, 3.63) is 78.0 Å². The topological polar surface area (TPSA) is 90.3 Å². The van der Waals surface area contributed by atoms with Crippen LogP contribution in [0.15, 0.2) is 66.9 Å². The maximum atomic E-state index is 12.7. The number of anilines is 4. The van der Waals surface area contributed by atoms with Crippen molar-refractivity contribution in [3.63, 3.8) is 0 Å². The Kier molecular flexibility index (Phi) is 5.88. The van der Waals surface area contributed by atoms with Crippen LogP contribution in [0.5, 0.6) is 0 Å². The summed E-state index contributed by atoms with van der Waals surface area (Å²) < 4.78 is 5.45. The van der Waals surface area contributed by atoms with Crippen LogP contribution in [0.1, 0.15) is 15.9 Å². The highest BCUT2D eigenvalue weighted by Crippen LogP contribution is 2.29. The SMILES string of the molecule is N#Cc1ccccc1NC(=O)c1ccnc(Nc2ccccc2N2CCOCC2)c1. The van der Waals surface area contributed by atoms with E-state index < -0.39 is 0 Å². The molecule has 1 fully saturated rings. The predicted octanol–water partition coefficient (Wildman–Crippen LogP) is 3.79. The van der Waals surface area contributed by atoms with Gasteiger partial charge in [0.05, 0.1) is 35.8 Å². The quantitative estimate of drug-likeness (QED) is 0.678. The highest BCUT2D eigenvalue weighted by Gasteiger charge is 2.15. The summed E-state index contributed by atoms with van der Waals surface area (Å²) in [4.78, 5) is 19.3. The molecule has 1 saturated heterocycles. The lowest BCUT2D eigenvalue weighted by Crippen LogP contribution is -2.36. The molecule has 1 aliphatic heterocycles. The second kappa shape index (κ2) is 9.07. The van der Waals surface area contributed by atoms with Gasteiger partial charge in [0.25, 0.3) is 5.91 Å². The van der Waals surface area contributed by atoms with Crippen molar-refractivity contribution in [2.75, 3.05) is 41.8 Å². The monoisotopic (exact) mass is 399 g/mol. The minimum absolute atomic E-state index is 0.301. The summed E-state index contributed by atoms with van der Waals surface area (Å²) in [5.74, 6) is 0.265. The van der Waals surface area contributed by atoms with Gasteiger partial charge in [-0.15, -0.1) is 0 Å². The van der Waals surface area contributed by atoms with Gasteiger partial charge < -0.3 is 20.3 Å². The average molecular weight is 399 g/mol. The molecular weight excluding hydrogens is 378 g/mol. The van der Waals surface area contributed by atoms with E-state index in [9.17, 15) is 10.1 Å². The number of carbonyl (C=O) groups is 1. The number of ether oxygens (including phenoxy) is 1. The van der Waals surface area contributed by atoms with Gasteiger partial charge in [0, 0.05) is 24.8 Å². The number of aromatic nitrogens is 1. The van der Waals surface area contributed by atoms with Crippen molar-refractivity contribution in [2.45, 2.75) is 0 Å². The first-order valence-electron chi connectivity index (χ1n) is 9.70. The minimum atomic E-state index is -0.301. The second-order valence-corrected chi connectivity index (χ2v) is 6.78. The molecule has 0 unspecified atom stereocenters. The van der Waals surface area contributed by atoms with Crippen LogP contribution in [0.2, 0.25) is 0 Å². The van der Waals surface area contributed by atoms with Crippen LogP contribution in [0, 0.1) is 11.3 Å². The first-order chi connectivity index (χ1) is 14.7. The minimum Gasteiger partial charge on any atom is -0.378 e. The van der Waals surface area contributed by atoms with Crippen molar-refractivity contribution >= 4 is 28.8 Å². The molecule has 7 heteroatoms. The standard InChI is InChI=1S/C23H21N5O2/c24-16-18-5-1-2-6-19(18)27-23(29)17-9-10-25-22(15-17)26-20-7-3-4-8-21(20)28-11-13-30-14-12-28/h1-10,15H,11-14H2,(H,25,26)(H,27,29). The molecule has 30 heavy (non-hydrogen) atoms. The van der Waals surface area contributed by atoms with Gasteiger partial charge in [0.1, 0.15) is 11.9 Å². The zero-order chi connectivity index (χ0) is 20.8. The highest BCUT2D eigenvalue weighted by atomic mass is 16.5. The van der Waals surface area contributed by atoms with Crippen molar-refractivity contribution in [1.29, 1.82) is 5.26 Å². The van der Waals surface area contributed by atoms with Crippen LogP contribution in [-0.4, -0.2) is 37.2 Å². The fourth-order valence-electron chi connectivity index (χ4n) is 3.32. The third-order valence-electron chi connectivity index (χ3n) is 4.84. The second-order valence-electron chi connectivity index (χ2n) is 6.78. The molecule has 3 aromatic rings. The number of para-hydroxylation sites is 3. The number of hydrogen-bond donors (Lipinski definition) is 2. The predicted molar refractivity (Wildman–Crippen MR) is 116 cm³/mol. The van der Waals surface area contributed by atoms with E-state index in [4.69, 9.17) is 4.74 Å². The summed E-state index contributed by atoms with van der Waals surface area (Å²) in [5.41, 5.74) is 3.33. The lowest BCUT2D eigenvalue weighted by atomic mass is 10.1. The zero-order valence-corrected chi connectivity index (χ0v) is 16.3. The van der Waals surface area contributed by atoms with E-state index in [0.717, 1.165) is 24.5 Å². The van der Waals surface area contributed by atoms with Crippen LogP contribution < -0.4 is 15.5 Å². The third kappa shape index (κ3) is 4.40. The maximum absolute atomic E-state index is 12.7. The third-order valence-corrected chi connectivity index (χ3v) is 4.84. The molecule has 0 atom stereocenters. The highest BCUT2D eigenvalue weighted by molar-refractivity contribution is 6.05. The number of nitrogens with zero attached hydrogens (tertiary/aromatic N) is 3. The van der Waals surface area contributed by atoms with Crippen LogP contribution in [0.25, 0.3) is 0 Å². The Bertz CT molecular complexity index is 1090. The number of nitriles is 1. The van der Waals surface area contributed by atoms with Crippen molar-refractivity contribution in [3.8, 4) is 6.07 Å². The molecule has 0 spiro atoms. The summed E-state index contributed by atoms with van der Waals surface area (Å²) >= 11 is 0. The van der Waals surface area contributed by atoms with Crippen LogP contribution >= 0.6 is 0 Å². The number of morpholine rings is 1. The lowest BCUT2D eigenvalue weighted by Gasteiger charge is -2.30. The molecule has 2 N–H and O–H groups in total. The fourth-order valence-corrected chi connectivity index (χ4v) is 3.32. The van der Waals surface area contributed by atoms with Crippen LogP contribution in [-0.2, 0) is 4.74 Å². The molecular formula is C23H21N5O2. The van der Waals surface area contributed by atoms with Gasteiger partial charge in [-0.2, -0.15) is 5.26 Å². The first-order valence-corrected chi connectivity index (χ1v) is 9.70. The van der Waals surface area contributed by atoms with Gasteiger partial charge in [-0.3, -0.25) is 4.79 Å². The van der Waals surface area contributed by atoms with E-state index in [1.807, 2.05) is 18.2 Å². The Labute approximate surface area is 174 Å². The van der Waals surface area contributed by atoms with Crippen LogP contribution in [0.4, 0.5) is 22.9 Å². The van der Waals surface area contributed by atoms with Gasteiger partial charge in [0.2, 0.25) is 0 Å². The van der Waals surface area contributed by atoms with E-state index in [1.54, 1.807) is 42.6 Å². The molecule has 1 amide bonds. The summed E-state index contributed by atoms with van der Waals surface area (Å²) in [6, 6.07) is 20.3. The first kappa shape index (κ1) is 19.4. The van der Waals surface area contributed by atoms with E-state index in [0.29, 0.717) is 35.8 Å². The molecule has 0 aliphatic carbocycles. The molecule has 0 saturated carbocycles.